The van der Waals surface area contributed by atoms with Gasteiger partial charge in [0.15, 0.2) is 0 Å². The molecule has 0 fully saturated rings. The molecule has 5 nitrogen and oxygen atoms in total. The van der Waals surface area contributed by atoms with Crippen molar-refractivity contribution in [2.75, 3.05) is 17.7 Å². The molecule has 0 aliphatic heterocycles. The predicted molar refractivity (Wildman–Crippen MR) is 83.8 cm³/mol. The molecule has 0 saturated heterocycles. The van der Waals surface area contributed by atoms with E-state index in [1.807, 2.05) is 0 Å². The summed E-state index contributed by atoms with van der Waals surface area (Å²) in [6.45, 7) is 0. The second-order valence-electron chi connectivity index (χ2n) is 4.09. The van der Waals surface area contributed by atoms with Crippen molar-refractivity contribution in [1.82, 2.24) is 0 Å². The van der Waals surface area contributed by atoms with E-state index in [-0.39, 0.29) is 11.4 Å². The lowest BCUT2D eigenvalue weighted by Crippen LogP contribution is -2.19. The van der Waals surface area contributed by atoms with Gasteiger partial charge in [-0.15, -0.1) is 0 Å². The van der Waals surface area contributed by atoms with Crippen LogP contribution in [0.4, 0.5) is 16.2 Å². The smallest absolute Gasteiger partial charge is 0.323 e. The number of urea groups is 1. The van der Waals surface area contributed by atoms with Crippen LogP contribution in [-0.2, 0) is 0 Å². The Balaban J connectivity index is 2.15. The van der Waals surface area contributed by atoms with Gasteiger partial charge < -0.3 is 20.5 Å². The average molecular weight is 327 g/mol. The summed E-state index contributed by atoms with van der Waals surface area (Å²) in [5.74, 6) is 0.373. The quantitative estimate of drug-likeness (QED) is 0.734. The third kappa shape index (κ3) is 3.93. The highest BCUT2D eigenvalue weighted by atomic mass is 35.5. The van der Waals surface area contributed by atoms with E-state index in [1.54, 1.807) is 18.2 Å². The molecule has 0 unspecified atom stereocenters. The van der Waals surface area contributed by atoms with Gasteiger partial charge in [0.05, 0.1) is 18.5 Å². The van der Waals surface area contributed by atoms with E-state index in [9.17, 15) is 9.90 Å². The van der Waals surface area contributed by atoms with Gasteiger partial charge in [0.2, 0.25) is 0 Å². The zero-order valence-electron chi connectivity index (χ0n) is 11.0. The number of anilines is 2. The number of methoxy groups -OCH3 is 1. The molecular weight excluding hydrogens is 315 g/mol. The first kappa shape index (κ1) is 15.3. The maximum absolute atomic E-state index is 11.9. The Morgan fingerprint density at radius 2 is 1.62 bits per heavy atom. The number of phenols is 1. The number of hydrogen-bond donors (Lipinski definition) is 3. The number of benzene rings is 2. The van der Waals surface area contributed by atoms with E-state index in [0.29, 0.717) is 21.5 Å². The minimum absolute atomic E-state index is 0.0902. The van der Waals surface area contributed by atoms with Crippen LogP contribution in [0.15, 0.2) is 36.4 Å². The van der Waals surface area contributed by atoms with Crippen molar-refractivity contribution in [3.8, 4) is 11.5 Å². The van der Waals surface area contributed by atoms with Crippen molar-refractivity contribution >= 4 is 40.6 Å². The molecule has 2 aromatic rings. The molecule has 3 N–H and O–H groups in total. The molecule has 2 aromatic carbocycles. The summed E-state index contributed by atoms with van der Waals surface area (Å²) in [7, 11) is 1.48. The fourth-order valence-electron chi connectivity index (χ4n) is 1.66. The topological polar surface area (TPSA) is 70.6 Å². The molecule has 0 aromatic heterocycles. The molecule has 0 heterocycles. The Bertz CT molecular complexity index is 677. The zero-order chi connectivity index (χ0) is 15.4. The molecule has 110 valence electrons. The van der Waals surface area contributed by atoms with Crippen molar-refractivity contribution in [2.24, 2.45) is 0 Å². The van der Waals surface area contributed by atoms with E-state index in [0.717, 1.165) is 0 Å². The number of phenolic OH excluding ortho intramolecular Hbond substituents is 1. The molecule has 0 aliphatic carbocycles. The van der Waals surface area contributed by atoms with Crippen molar-refractivity contribution in [3.63, 3.8) is 0 Å². The van der Waals surface area contributed by atoms with E-state index in [2.05, 4.69) is 10.6 Å². The van der Waals surface area contributed by atoms with Gasteiger partial charge in [-0.2, -0.15) is 0 Å². The van der Waals surface area contributed by atoms with Gasteiger partial charge in [0.25, 0.3) is 0 Å². The fourth-order valence-corrected chi connectivity index (χ4v) is 2.01. The molecular formula is C14H12Cl2N2O3. The Morgan fingerprint density at radius 1 is 1.05 bits per heavy atom. The first-order valence-corrected chi connectivity index (χ1v) is 6.65. The predicted octanol–water partition coefficient (Wildman–Crippen LogP) is 4.35. The number of carbonyl (C=O) groups excluding carboxylic acids is 1. The van der Waals surface area contributed by atoms with Crippen LogP contribution < -0.4 is 15.4 Å². The van der Waals surface area contributed by atoms with Gasteiger partial charge >= 0.3 is 6.03 Å². The van der Waals surface area contributed by atoms with E-state index in [4.69, 9.17) is 27.9 Å². The molecule has 0 radical (unpaired) electrons. The summed E-state index contributed by atoms with van der Waals surface area (Å²) in [6, 6.07) is 8.61. The Hall–Kier alpha value is -2.11. The molecule has 0 aliphatic rings. The SMILES string of the molecule is COc1ccc(Cl)cc1NC(=O)Nc1cc(Cl)ccc1O. The molecule has 0 saturated carbocycles. The van der Waals surface area contributed by atoms with Crippen molar-refractivity contribution in [2.45, 2.75) is 0 Å². The summed E-state index contributed by atoms with van der Waals surface area (Å²) in [5.41, 5.74) is 0.602. The standard InChI is InChI=1S/C14H12Cl2N2O3/c1-21-13-5-3-9(16)7-11(13)18-14(20)17-10-6-8(15)2-4-12(10)19/h2-7,19H,1H3,(H2,17,18,20). The summed E-state index contributed by atoms with van der Waals surface area (Å²) in [6.07, 6.45) is 0. The molecule has 0 spiro atoms. The van der Waals surface area contributed by atoms with Crippen LogP contribution in [0.5, 0.6) is 11.5 Å². The van der Waals surface area contributed by atoms with Gasteiger partial charge in [-0.25, -0.2) is 4.79 Å². The lowest BCUT2D eigenvalue weighted by molar-refractivity contribution is 0.262. The van der Waals surface area contributed by atoms with Gasteiger partial charge in [0.1, 0.15) is 11.5 Å². The number of ether oxygens (including phenoxy) is 1. The maximum Gasteiger partial charge on any atom is 0.323 e. The molecule has 0 atom stereocenters. The lowest BCUT2D eigenvalue weighted by Gasteiger charge is -2.12. The Kier molecular flexibility index (Phi) is 4.77. The fraction of sp³-hybridized carbons (Fsp3) is 0.0714. The summed E-state index contributed by atoms with van der Waals surface area (Å²) in [5, 5.41) is 15.6. The Labute approximate surface area is 131 Å². The zero-order valence-corrected chi connectivity index (χ0v) is 12.5. The van der Waals surface area contributed by atoms with Crippen molar-refractivity contribution < 1.29 is 14.6 Å². The van der Waals surface area contributed by atoms with Crippen molar-refractivity contribution in [3.05, 3.63) is 46.4 Å². The van der Waals surface area contributed by atoms with E-state index >= 15 is 0 Å². The highest BCUT2D eigenvalue weighted by Crippen LogP contribution is 2.29. The normalized spacial score (nSPS) is 10.0. The third-order valence-electron chi connectivity index (χ3n) is 2.62. The molecule has 7 heteroatoms. The maximum atomic E-state index is 11.9. The van der Waals surface area contributed by atoms with Crippen LogP contribution in [0, 0.1) is 0 Å². The summed E-state index contributed by atoms with van der Waals surface area (Å²) in [4.78, 5) is 11.9. The largest absolute Gasteiger partial charge is 0.506 e. The average Bonchev–Trinajstić information content (AvgIpc) is 2.43. The minimum atomic E-state index is -0.562. The van der Waals surface area contributed by atoms with E-state index < -0.39 is 6.03 Å². The molecule has 0 bridgehead atoms. The van der Waals surface area contributed by atoms with E-state index in [1.165, 1.54) is 25.3 Å². The van der Waals surface area contributed by atoms with Gasteiger partial charge in [-0.1, -0.05) is 23.2 Å². The highest BCUT2D eigenvalue weighted by Gasteiger charge is 2.10. The Morgan fingerprint density at radius 3 is 2.29 bits per heavy atom. The molecule has 2 amide bonds. The lowest BCUT2D eigenvalue weighted by atomic mass is 10.3. The minimum Gasteiger partial charge on any atom is -0.506 e. The second kappa shape index (κ2) is 6.56. The summed E-state index contributed by atoms with van der Waals surface area (Å²) >= 11 is 11.7. The number of halogens is 2. The number of carbonyl (C=O) groups is 1. The van der Waals surface area contributed by atoms with Gasteiger partial charge in [-0.05, 0) is 36.4 Å². The first-order valence-electron chi connectivity index (χ1n) is 5.89. The number of amides is 2. The van der Waals surface area contributed by atoms with Crippen LogP contribution in [0.1, 0.15) is 0 Å². The van der Waals surface area contributed by atoms with Crippen LogP contribution in [-0.4, -0.2) is 18.2 Å². The third-order valence-corrected chi connectivity index (χ3v) is 3.09. The number of hydrogen-bond acceptors (Lipinski definition) is 3. The second-order valence-corrected chi connectivity index (χ2v) is 4.96. The first-order chi connectivity index (χ1) is 9.99. The number of aromatic hydroxyl groups is 1. The van der Waals surface area contributed by atoms with Crippen LogP contribution in [0.2, 0.25) is 10.0 Å². The monoisotopic (exact) mass is 326 g/mol. The number of rotatable bonds is 3. The van der Waals surface area contributed by atoms with Crippen LogP contribution in [0.3, 0.4) is 0 Å². The van der Waals surface area contributed by atoms with Crippen LogP contribution in [0.25, 0.3) is 0 Å². The molecule has 2 rings (SSSR count). The van der Waals surface area contributed by atoms with Gasteiger partial charge in [-0.3, -0.25) is 0 Å². The number of nitrogens with one attached hydrogen (secondary N) is 2. The van der Waals surface area contributed by atoms with Gasteiger partial charge in [0, 0.05) is 10.0 Å². The van der Waals surface area contributed by atoms with Crippen molar-refractivity contribution in [1.29, 1.82) is 0 Å². The summed E-state index contributed by atoms with van der Waals surface area (Å²) < 4.78 is 5.12. The van der Waals surface area contributed by atoms with Crippen LogP contribution >= 0.6 is 23.2 Å². The highest BCUT2D eigenvalue weighted by molar-refractivity contribution is 6.31. The molecule has 21 heavy (non-hydrogen) atoms.